The Hall–Kier alpha value is -1.06. The Morgan fingerprint density at radius 3 is 2.53 bits per heavy atom. The summed E-state index contributed by atoms with van der Waals surface area (Å²) in [5, 5.41) is 3.49. The molecule has 2 unspecified atom stereocenters. The molecule has 0 saturated carbocycles. The first kappa shape index (κ1) is 14.0. The zero-order chi connectivity index (χ0) is 12.8. The van der Waals surface area contributed by atoms with E-state index in [9.17, 15) is 0 Å². The van der Waals surface area contributed by atoms with E-state index in [-0.39, 0.29) is 6.04 Å². The molecule has 0 aliphatic carbocycles. The lowest BCUT2D eigenvalue weighted by Gasteiger charge is -2.22. The van der Waals surface area contributed by atoms with Crippen molar-refractivity contribution >= 4 is 0 Å². The van der Waals surface area contributed by atoms with Crippen molar-refractivity contribution in [2.24, 2.45) is 0 Å². The molecule has 2 atom stereocenters. The lowest BCUT2D eigenvalue weighted by Crippen LogP contribution is -2.32. The molecule has 0 aromatic heterocycles. The van der Waals surface area contributed by atoms with Crippen LogP contribution in [0.2, 0.25) is 0 Å². The van der Waals surface area contributed by atoms with E-state index in [1.165, 1.54) is 11.1 Å². The Bertz CT molecular complexity index is 352. The van der Waals surface area contributed by atoms with E-state index in [2.05, 4.69) is 38.2 Å². The first-order valence-corrected chi connectivity index (χ1v) is 5.98. The lowest BCUT2D eigenvalue weighted by atomic mass is 10.0. The van der Waals surface area contributed by atoms with Gasteiger partial charge in [-0.3, -0.25) is 0 Å². The van der Waals surface area contributed by atoms with Crippen LogP contribution < -0.4 is 10.1 Å². The van der Waals surface area contributed by atoms with Crippen molar-refractivity contribution in [1.82, 2.24) is 5.32 Å². The van der Waals surface area contributed by atoms with Crippen molar-refractivity contribution < 1.29 is 9.47 Å². The zero-order valence-corrected chi connectivity index (χ0v) is 11.4. The van der Waals surface area contributed by atoms with Crippen LogP contribution in [0, 0.1) is 6.92 Å². The average Bonchev–Trinajstić information content (AvgIpc) is 2.29. The molecule has 0 radical (unpaired) electrons. The summed E-state index contributed by atoms with van der Waals surface area (Å²) < 4.78 is 10.5. The second-order valence-electron chi connectivity index (χ2n) is 4.49. The van der Waals surface area contributed by atoms with Gasteiger partial charge in [0.15, 0.2) is 0 Å². The summed E-state index contributed by atoms with van der Waals surface area (Å²) in [6, 6.07) is 6.81. The summed E-state index contributed by atoms with van der Waals surface area (Å²) in [7, 11) is 3.43. The van der Waals surface area contributed by atoms with Crippen LogP contribution in [0.25, 0.3) is 0 Å². The molecule has 0 fully saturated rings. The molecule has 0 amide bonds. The molecule has 0 heterocycles. The molecule has 0 spiro atoms. The van der Waals surface area contributed by atoms with E-state index in [4.69, 9.17) is 9.47 Å². The van der Waals surface area contributed by atoms with E-state index in [1.54, 1.807) is 14.2 Å². The number of ether oxygens (including phenoxy) is 2. The number of hydrogen-bond acceptors (Lipinski definition) is 3. The Morgan fingerprint density at radius 1 is 1.24 bits per heavy atom. The molecule has 1 N–H and O–H groups in total. The van der Waals surface area contributed by atoms with E-state index in [0.29, 0.717) is 12.6 Å². The summed E-state index contributed by atoms with van der Waals surface area (Å²) >= 11 is 0. The minimum Gasteiger partial charge on any atom is -0.496 e. The van der Waals surface area contributed by atoms with Crippen LogP contribution in [0.1, 0.15) is 31.0 Å². The topological polar surface area (TPSA) is 30.5 Å². The quantitative estimate of drug-likeness (QED) is 0.825. The van der Waals surface area contributed by atoms with Gasteiger partial charge in [-0.15, -0.1) is 0 Å². The molecule has 0 saturated heterocycles. The van der Waals surface area contributed by atoms with Gasteiger partial charge < -0.3 is 14.8 Å². The molecule has 0 bridgehead atoms. The second-order valence-corrected chi connectivity index (χ2v) is 4.49. The van der Waals surface area contributed by atoms with Crippen LogP contribution >= 0.6 is 0 Å². The molecular formula is C14H23NO2. The van der Waals surface area contributed by atoms with Crippen LogP contribution in [0.3, 0.4) is 0 Å². The predicted octanol–water partition coefficient (Wildman–Crippen LogP) is 2.69. The van der Waals surface area contributed by atoms with Gasteiger partial charge in [0.05, 0.1) is 13.7 Å². The summed E-state index contributed by atoms with van der Waals surface area (Å²) in [5.41, 5.74) is 2.43. The third-order valence-electron chi connectivity index (χ3n) is 2.80. The summed E-state index contributed by atoms with van der Waals surface area (Å²) in [6.07, 6.45) is 0. The highest BCUT2D eigenvalue weighted by Crippen LogP contribution is 2.26. The fourth-order valence-electron chi connectivity index (χ4n) is 2.01. The molecule has 3 heteroatoms. The van der Waals surface area contributed by atoms with E-state index < -0.39 is 0 Å². The molecule has 1 rings (SSSR count). The smallest absolute Gasteiger partial charge is 0.123 e. The third kappa shape index (κ3) is 4.02. The van der Waals surface area contributed by atoms with Gasteiger partial charge in [-0.2, -0.15) is 0 Å². The van der Waals surface area contributed by atoms with Gasteiger partial charge in [0.1, 0.15) is 5.75 Å². The van der Waals surface area contributed by atoms with Crippen LogP contribution in [0.5, 0.6) is 5.75 Å². The monoisotopic (exact) mass is 237 g/mol. The fraction of sp³-hybridized carbons (Fsp3) is 0.571. The number of rotatable bonds is 6. The molecule has 1 aromatic rings. The van der Waals surface area contributed by atoms with E-state index >= 15 is 0 Å². The number of methoxy groups -OCH3 is 2. The van der Waals surface area contributed by atoms with Crippen LogP contribution in [-0.4, -0.2) is 26.9 Å². The molecule has 96 valence electrons. The SMILES string of the molecule is COCC(C)NC(C)c1cc(C)ccc1OC. The van der Waals surface area contributed by atoms with Crippen LogP contribution in [0.4, 0.5) is 0 Å². The van der Waals surface area contributed by atoms with Crippen LogP contribution in [-0.2, 0) is 4.74 Å². The van der Waals surface area contributed by atoms with Crippen molar-refractivity contribution in [3.63, 3.8) is 0 Å². The number of benzene rings is 1. The first-order valence-electron chi connectivity index (χ1n) is 5.98. The van der Waals surface area contributed by atoms with E-state index in [1.807, 2.05) is 6.07 Å². The average molecular weight is 237 g/mol. The van der Waals surface area contributed by atoms with Gasteiger partial charge in [0, 0.05) is 24.8 Å². The van der Waals surface area contributed by atoms with Crippen molar-refractivity contribution in [2.75, 3.05) is 20.8 Å². The maximum absolute atomic E-state index is 5.39. The number of hydrogen-bond donors (Lipinski definition) is 1. The van der Waals surface area contributed by atoms with Gasteiger partial charge in [0.25, 0.3) is 0 Å². The van der Waals surface area contributed by atoms with Crippen molar-refractivity contribution in [3.05, 3.63) is 29.3 Å². The van der Waals surface area contributed by atoms with Gasteiger partial charge in [0.2, 0.25) is 0 Å². The molecular weight excluding hydrogens is 214 g/mol. The van der Waals surface area contributed by atoms with Gasteiger partial charge in [-0.05, 0) is 26.8 Å². The van der Waals surface area contributed by atoms with Gasteiger partial charge in [-0.25, -0.2) is 0 Å². The standard InChI is InChI=1S/C14H23NO2/c1-10-6-7-14(17-5)13(8-10)12(3)15-11(2)9-16-4/h6-8,11-12,15H,9H2,1-5H3. The second kappa shape index (κ2) is 6.62. The molecule has 0 aliphatic rings. The minimum atomic E-state index is 0.245. The largest absolute Gasteiger partial charge is 0.496 e. The molecule has 3 nitrogen and oxygen atoms in total. The Balaban J connectivity index is 2.79. The summed E-state index contributed by atoms with van der Waals surface area (Å²) in [5.74, 6) is 0.931. The summed E-state index contributed by atoms with van der Waals surface area (Å²) in [4.78, 5) is 0. The third-order valence-corrected chi connectivity index (χ3v) is 2.80. The van der Waals surface area contributed by atoms with Gasteiger partial charge in [-0.1, -0.05) is 17.7 Å². The minimum absolute atomic E-state index is 0.245. The maximum atomic E-state index is 5.39. The zero-order valence-electron chi connectivity index (χ0n) is 11.4. The van der Waals surface area contributed by atoms with Crippen molar-refractivity contribution in [2.45, 2.75) is 32.9 Å². The first-order chi connectivity index (χ1) is 8.08. The molecule has 0 aliphatic heterocycles. The Labute approximate surface area is 104 Å². The fourth-order valence-corrected chi connectivity index (χ4v) is 2.01. The maximum Gasteiger partial charge on any atom is 0.123 e. The predicted molar refractivity (Wildman–Crippen MR) is 70.6 cm³/mol. The molecule has 17 heavy (non-hydrogen) atoms. The van der Waals surface area contributed by atoms with E-state index in [0.717, 1.165) is 5.75 Å². The highest BCUT2D eigenvalue weighted by molar-refractivity contribution is 5.38. The number of aryl methyl sites for hydroxylation is 1. The number of nitrogens with one attached hydrogen (secondary N) is 1. The lowest BCUT2D eigenvalue weighted by molar-refractivity contribution is 0.167. The van der Waals surface area contributed by atoms with Crippen LogP contribution in [0.15, 0.2) is 18.2 Å². The summed E-state index contributed by atoms with van der Waals surface area (Å²) in [6.45, 7) is 7.05. The van der Waals surface area contributed by atoms with Crippen molar-refractivity contribution in [1.29, 1.82) is 0 Å². The van der Waals surface area contributed by atoms with Gasteiger partial charge >= 0.3 is 0 Å². The Morgan fingerprint density at radius 2 is 1.94 bits per heavy atom. The molecule has 1 aromatic carbocycles. The highest BCUT2D eigenvalue weighted by Gasteiger charge is 2.13. The Kier molecular flexibility index (Phi) is 5.45. The highest BCUT2D eigenvalue weighted by atomic mass is 16.5. The normalized spacial score (nSPS) is 14.4. The van der Waals surface area contributed by atoms with Crippen molar-refractivity contribution in [3.8, 4) is 5.75 Å².